The molecule has 0 aliphatic carbocycles. The molecule has 2 aliphatic heterocycles. The lowest BCUT2D eigenvalue weighted by Crippen LogP contribution is -2.48. The molecule has 0 spiro atoms. The van der Waals surface area contributed by atoms with Gasteiger partial charge in [0.25, 0.3) is 5.91 Å². The standard InChI is InChI=1S/C18H18N2O6S/c1-11-3-5-14-13(7-11)20(27(2,22)23)9-17(26-14)18(21)19-12-4-6-15-16(8-12)25-10-24-15/h3-8,17H,9-10H2,1-2H3,(H,19,21). The van der Waals surface area contributed by atoms with E-state index in [1.165, 1.54) is 4.31 Å². The van der Waals surface area contributed by atoms with E-state index in [0.717, 1.165) is 11.8 Å². The molecule has 0 aromatic heterocycles. The van der Waals surface area contributed by atoms with Crippen molar-refractivity contribution in [2.24, 2.45) is 0 Å². The summed E-state index contributed by atoms with van der Waals surface area (Å²) in [5.41, 5.74) is 1.84. The highest BCUT2D eigenvalue weighted by atomic mass is 32.2. The SMILES string of the molecule is Cc1ccc2c(c1)N(S(C)(=O)=O)CC(C(=O)Nc1ccc3c(c1)OCO3)O2. The van der Waals surface area contributed by atoms with Crippen LogP contribution in [-0.2, 0) is 14.8 Å². The fourth-order valence-corrected chi connectivity index (χ4v) is 3.92. The third-order valence-electron chi connectivity index (χ3n) is 4.32. The molecule has 0 fully saturated rings. The van der Waals surface area contributed by atoms with Crippen molar-refractivity contribution in [1.29, 1.82) is 0 Å². The van der Waals surface area contributed by atoms with Crippen LogP contribution in [0.4, 0.5) is 11.4 Å². The van der Waals surface area contributed by atoms with Crippen molar-refractivity contribution in [3.8, 4) is 17.2 Å². The summed E-state index contributed by atoms with van der Waals surface area (Å²) in [6, 6.07) is 10.2. The van der Waals surface area contributed by atoms with Gasteiger partial charge in [0.1, 0.15) is 5.75 Å². The normalized spacial score (nSPS) is 17.9. The van der Waals surface area contributed by atoms with E-state index in [-0.39, 0.29) is 13.3 Å². The summed E-state index contributed by atoms with van der Waals surface area (Å²) in [6.45, 7) is 1.89. The first-order valence-corrected chi connectivity index (χ1v) is 10.1. The fraction of sp³-hybridized carbons (Fsp3) is 0.278. The van der Waals surface area contributed by atoms with Gasteiger partial charge in [0.15, 0.2) is 17.6 Å². The number of benzene rings is 2. The number of nitrogens with zero attached hydrogens (tertiary/aromatic N) is 1. The number of carbonyl (C=O) groups excluding carboxylic acids is 1. The van der Waals surface area contributed by atoms with E-state index in [1.807, 2.05) is 6.92 Å². The van der Waals surface area contributed by atoms with Gasteiger partial charge in [-0.2, -0.15) is 0 Å². The summed E-state index contributed by atoms with van der Waals surface area (Å²) in [5.74, 6) is 1.04. The molecular weight excluding hydrogens is 372 g/mol. The van der Waals surface area contributed by atoms with Crippen LogP contribution < -0.4 is 23.8 Å². The van der Waals surface area contributed by atoms with Gasteiger partial charge >= 0.3 is 0 Å². The zero-order chi connectivity index (χ0) is 19.2. The zero-order valence-corrected chi connectivity index (χ0v) is 15.6. The molecule has 8 nitrogen and oxygen atoms in total. The van der Waals surface area contributed by atoms with Crippen molar-refractivity contribution in [3.05, 3.63) is 42.0 Å². The van der Waals surface area contributed by atoms with E-state index in [0.29, 0.717) is 28.6 Å². The largest absolute Gasteiger partial charge is 0.476 e. The van der Waals surface area contributed by atoms with Crippen LogP contribution in [0.5, 0.6) is 17.2 Å². The van der Waals surface area contributed by atoms with Crippen molar-refractivity contribution < 1.29 is 27.4 Å². The van der Waals surface area contributed by atoms with Crippen LogP contribution in [0.25, 0.3) is 0 Å². The van der Waals surface area contributed by atoms with Gasteiger partial charge < -0.3 is 19.5 Å². The summed E-state index contributed by atoms with van der Waals surface area (Å²) in [4.78, 5) is 12.7. The molecular formula is C18H18N2O6S. The van der Waals surface area contributed by atoms with Gasteiger partial charge in [-0.1, -0.05) is 6.07 Å². The number of rotatable bonds is 3. The van der Waals surface area contributed by atoms with Crippen molar-refractivity contribution in [2.75, 3.05) is 29.2 Å². The molecule has 142 valence electrons. The average Bonchev–Trinajstić information content (AvgIpc) is 3.07. The first-order valence-electron chi connectivity index (χ1n) is 8.27. The third kappa shape index (κ3) is 3.37. The molecule has 0 saturated heterocycles. The number of amides is 1. The molecule has 27 heavy (non-hydrogen) atoms. The number of carbonyl (C=O) groups is 1. The topological polar surface area (TPSA) is 94.2 Å². The van der Waals surface area contributed by atoms with E-state index >= 15 is 0 Å². The quantitative estimate of drug-likeness (QED) is 0.860. The first kappa shape index (κ1) is 17.5. The Morgan fingerprint density at radius 1 is 1.11 bits per heavy atom. The van der Waals surface area contributed by atoms with Gasteiger partial charge in [-0.15, -0.1) is 0 Å². The van der Waals surface area contributed by atoms with Crippen molar-refractivity contribution >= 4 is 27.3 Å². The molecule has 1 amide bonds. The second-order valence-electron chi connectivity index (χ2n) is 6.43. The first-order chi connectivity index (χ1) is 12.8. The lowest BCUT2D eigenvalue weighted by atomic mass is 10.1. The number of ether oxygens (including phenoxy) is 3. The van der Waals surface area contributed by atoms with Crippen molar-refractivity contribution in [3.63, 3.8) is 0 Å². The zero-order valence-electron chi connectivity index (χ0n) is 14.8. The van der Waals surface area contributed by atoms with Gasteiger partial charge in [-0.05, 0) is 36.8 Å². The molecule has 1 atom stereocenters. The second kappa shape index (κ2) is 6.34. The maximum atomic E-state index is 12.7. The fourth-order valence-electron chi connectivity index (χ4n) is 3.01. The number of aryl methyl sites for hydroxylation is 1. The molecule has 1 N–H and O–H groups in total. The van der Waals surface area contributed by atoms with Crippen LogP contribution in [0, 0.1) is 6.92 Å². The monoisotopic (exact) mass is 390 g/mol. The predicted octanol–water partition coefficient (Wildman–Crippen LogP) is 1.89. The van der Waals surface area contributed by atoms with E-state index in [2.05, 4.69) is 5.32 Å². The minimum Gasteiger partial charge on any atom is -0.476 e. The molecule has 9 heteroatoms. The molecule has 2 aromatic carbocycles. The van der Waals surface area contributed by atoms with Crippen LogP contribution in [0.3, 0.4) is 0 Å². The van der Waals surface area contributed by atoms with Crippen LogP contribution in [0.2, 0.25) is 0 Å². The minimum absolute atomic E-state index is 0.105. The predicted molar refractivity (Wildman–Crippen MR) is 99.0 cm³/mol. The maximum absolute atomic E-state index is 12.7. The van der Waals surface area contributed by atoms with Gasteiger partial charge in [0.2, 0.25) is 16.8 Å². The summed E-state index contributed by atoms with van der Waals surface area (Å²) in [7, 11) is -3.57. The highest BCUT2D eigenvalue weighted by Gasteiger charge is 2.35. The van der Waals surface area contributed by atoms with Crippen LogP contribution in [0.15, 0.2) is 36.4 Å². The smallest absolute Gasteiger partial charge is 0.267 e. The number of nitrogens with one attached hydrogen (secondary N) is 1. The Morgan fingerprint density at radius 3 is 2.63 bits per heavy atom. The molecule has 2 aliphatic rings. The molecule has 4 rings (SSSR count). The van der Waals surface area contributed by atoms with Gasteiger partial charge in [0.05, 0.1) is 18.5 Å². The maximum Gasteiger partial charge on any atom is 0.267 e. The Morgan fingerprint density at radius 2 is 1.85 bits per heavy atom. The van der Waals surface area contributed by atoms with Gasteiger partial charge in [0, 0.05) is 11.8 Å². The van der Waals surface area contributed by atoms with Crippen LogP contribution in [-0.4, -0.2) is 40.0 Å². The third-order valence-corrected chi connectivity index (χ3v) is 5.46. The highest BCUT2D eigenvalue weighted by molar-refractivity contribution is 7.92. The van der Waals surface area contributed by atoms with E-state index < -0.39 is 22.0 Å². The second-order valence-corrected chi connectivity index (χ2v) is 8.34. The van der Waals surface area contributed by atoms with Gasteiger partial charge in [-0.3, -0.25) is 9.10 Å². The van der Waals surface area contributed by atoms with Crippen LogP contribution in [0.1, 0.15) is 5.56 Å². The number of hydrogen-bond acceptors (Lipinski definition) is 6. The number of hydrogen-bond donors (Lipinski definition) is 1. The lowest BCUT2D eigenvalue weighted by molar-refractivity contribution is -0.122. The molecule has 1 unspecified atom stereocenters. The minimum atomic E-state index is -3.57. The number of anilines is 2. The molecule has 2 heterocycles. The van der Waals surface area contributed by atoms with E-state index in [4.69, 9.17) is 14.2 Å². The van der Waals surface area contributed by atoms with Crippen molar-refractivity contribution in [1.82, 2.24) is 0 Å². The highest BCUT2D eigenvalue weighted by Crippen LogP contribution is 2.37. The average molecular weight is 390 g/mol. The Labute approximate surface area is 156 Å². The Balaban J connectivity index is 1.58. The molecule has 0 radical (unpaired) electrons. The number of fused-ring (bicyclic) bond motifs is 2. The molecule has 2 aromatic rings. The Kier molecular flexibility index (Phi) is 4.11. The van der Waals surface area contributed by atoms with Crippen LogP contribution >= 0.6 is 0 Å². The Bertz CT molecular complexity index is 1020. The van der Waals surface area contributed by atoms with Crippen molar-refractivity contribution in [2.45, 2.75) is 13.0 Å². The summed E-state index contributed by atoms with van der Waals surface area (Å²) >= 11 is 0. The lowest BCUT2D eigenvalue weighted by Gasteiger charge is -2.34. The summed E-state index contributed by atoms with van der Waals surface area (Å²) < 4.78 is 41.9. The molecule has 0 bridgehead atoms. The van der Waals surface area contributed by atoms with Gasteiger partial charge in [-0.25, -0.2) is 8.42 Å². The van der Waals surface area contributed by atoms with E-state index in [1.54, 1.807) is 36.4 Å². The number of sulfonamides is 1. The Hall–Kier alpha value is -2.94. The molecule has 0 saturated carbocycles. The van der Waals surface area contributed by atoms with E-state index in [9.17, 15) is 13.2 Å². The summed E-state index contributed by atoms with van der Waals surface area (Å²) in [6.07, 6.45) is 0.123. The summed E-state index contributed by atoms with van der Waals surface area (Å²) in [5, 5.41) is 2.73.